The Hall–Kier alpha value is -1.34. The van der Waals surface area contributed by atoms with Gasteiger partial charge in [-0.25, -0.2) is 0 Å². The zero-order valence-corrected chi connectivity index (χ0v) is 10.3. The second-order valence-electron chi connectivity index (χ2n) is 4.35. The third kappa shape index (κ3) is 2.10. The van der Waals surface area contributed by atoms with Crippen LogP contribution >= 0.6 is 11.6 Å². The van der Waals surface area contributed by atoms with E-state index in [1.165, 1.54) is 5.56 Å². The van der Waals surface area contributed by atoms with Gasteiger partial charge in [0.1, 0.15) is 0 Å². The topological polar surface area (TPSA) is 3.88 Å². The molecule has 0 amide bonds. The molecular weight excluding hydrogens is 218 g/mol. The fourth-order valence-electron chi connectivity index (χ4n) is 1.78. The number of rotatable bonds is 2. The molecule has 0 N–H and O–H groups in total. The van der Waals surface area contributed by atoms with Crippen LogP contribution in [0.2, 0.25) is 5.02 Å². The molecule has 0 aliphatic rings. The van der Waals surface area contributed by atoms with E-state index in [1.54, 1.807) is 0 Å². The van der Waals surface area contributed by atoms with Crippen molar-refractivity contribution >= 4 is 11.6 Å². The van der Waals surface area contributed by atoms with E-state index in [9.17, 15) is 0 Å². The fraction of sp³-hybridized carbons (Fsp3) is 0.214. The minimum atomic E-state index is -0.0636. The minimum Gasteiger partial charge on any atom is -0.196 e. The first-order valence-electron chi connectivity index (χ1n) is 5.33. The van der Waals surface area contributed by atoms with Gasteiger partial charge in [0.2, 0.25) is 0 Å². The van der Waals surface area contributed by atoms with E-state index >= 15 is 0 Å². The maximum absolute atomic E-state index is 5.89. The maximum atomic E-state index is 5.89. The Labute approximate surface area is 101 Å². The largest absolute Gasteiger partial charge is 0.196 e. The summed E-state index contributed by atoms with van der Waals surface area (Å²) in [5, 5.41) is 0.764. The highest BCUT2D eigenvalue weighted by Crippen LogP contribution is 2.19. The summed E-state index contributed by atoms with van der Waals surface area (Å²) in [6, 6.07) is 14.3. The van der Waals surface area contributed by atoms with Crippen molar-refractivity contribution in [2.24, 2.45) is 0 Å². The Morgan fingerprint density at radius 1 is 0.938 bits per heavy atom. The second kappa shape index (κ2) is 4.26. The van der Waals surface area contributed by atoms with Crippen LogP contribution < -0.4 is 4.57 Å². The van der Waals surface area contributed by atoms with Gasteiger partial charge >= 0.3 is 0 Å². The summed E-state index contributed by atoms with van der Waals surface area (Å²) in [4.78, 5) is 0. The van der Waals surface area contributed by atoms with Gasteiger partial charge in [0, 0.05) is 31.5 Å². The molecule has 0 spiro atoms. The Kier molecular flexibility index (Phi) is 2.97. The van der Waals surface area contributed by atoms with E-state index in [0.29, 0.717) is 0 Å². The van der Waals surface area contributed by atoms with Gasteiger partial charge < -0.3 is 0 Å². The SMILES string of the molecule is CC(C)(c1ccccc1)[n+]1ccc(Cl)cc1. The maximum Gasteiger partial charge on any atom is 0.187 e. The lowest BCUT2D eigenvalue weighted by Gasteiger charge is -2.19. The van der Waals surface area contributed by atoms with Crippen molar-refractivity contribution in [1.29, 1.82) is 0 Å². The lowest BCUT2D eigenvalue weighted by atomic mass is 9.94. The van der Waals surface area contributed by atoms with Gasteiger partial charge in [0.25, 0.3) is 0 Å². The standard InChI is InChI=1S/C14H15ClN/c1-14(2,12-6-4-3-5-7-12)16-10-8-13(15)9-11-16/h3-11H,1-2H3/q+1. The molecule has 1 nitrogen and oxygen atoms in total. The summed E-state index contributed by atoms with van der Waals surface area (Å²) < 4.78 is 2.16. The number of aromatic nitrogens is 1. The first kappa shape index (κ1) is 11.2. The highest BCUT2D eigenvalue weighted by atomic mass is 35.5. The van der Waals surface area contributed by atoms with E-state index < -0.39 is 0 Å². The zero-order valence-electron chi connectivity index (χ0n) is 9.52. The number of pyridine rings is 1. The molecule has 1 aromatic heterocycles. The monoisotopic (exact) mass is 232 g/mol. The third-order valence-corrected chi connectivity index (χ3v) is 3.17. The fourth-order valence-corrected chi connectivity index (χ4v) is 1.89. The summed E-state index contributed by atoms with van der Waals surface area (Å²) in [6.45, 7) is 4.38. The van der Waals surface area contributed by atoms with Crippen molar-refractivity contribution < 1.29 is 4.57 Å². The van der Waals surface area contributed by atoms with Gasteiger partial charge in [-0.3, -0.25) is 0 Å². The Morgan fingerprint density at radius 2 is 1.50 bits per heavy atom. The van der Waals surface area contributed by atoms with Crippen molar-refractivity contribution in [2.45, 2.75) is 19.4 Å². The van der Waals surface area contributed by atoms with Gasteiger partial charge in [-0.15, -0.1) is 0 Å². The normalized spacial score (nSPS) is 11.4. The lowest BCUT2D eigenvalue weighted by molar-refractivity contribution is -0.747. The molecule has 0 atom stereocenters. The van der Waals surface area contributed by atoms with Gasteiger partial charge in [-0.2, -0.15) is 4.57 Å². The quantitative estimate of drug-likeness (QED) is 0.699. The van der Waals surface area contributed by atoms with Crippen LogP contribution in [0, 0.1) is 0 Å². The number of halogens is 1. The van der Waals surface area contributed by atoms with Crippen LogP contribution in [0.5, 0.6) is 0 Å². The molecule has 0 aliphatic carbocycles. The molecule has 2 heteroatoms. The van der Waals surface area contributed by atoms with Gasteiger partial charge in [0.05, 0.1) is 5.02 Å². The average Bonchev–Trinajstić information content (AvgIpc) is 2.31. The third-order valence-electron chi connectivity index (χ3n) is 2.91. The van der Waals surface area contributed by atoms with E-state index in [-0.39, 0.29) is 5.54 Å². The number of nitrogens with zero attached hydrogens (tertiary/aromatic N) is 1. The Bertz CT molecular complexity index is 460. The molecule has 1 heterocycles. The molecule has 0 aliphatic heterocycles. The minimum absolute atomic E-state index is 0.0636. The molecule has 0 saturated carbocycles. The van der Waals surface area contributed by atoms with Crippen molar-refractivity contribution in [2.75, 3.05) is 0 Å². The highest BCUT2D eigenvalue weighted by molar-refractivity contribution is 6.30. The molecule has 1 aromatic carbocycles. The molecule has 0 radical (unpaired) electrons. The number of hydrogen-bond donors (Lipinski definition) is 0. The molecule has 2 aromatic rings. The van der Waals surface area contributed by atoms with Crippen LogP contribution in [0.15, 0.2) is 54.9 Å². The van der Waals surface area contributed by atoms with Crippen molar-refractivity contribution in [3.05, 3.63) is 65.4 Å². The van der Waals surface area contributed by atoms with E-state index in [0.717, 1.165) is 5.02 Å². The van der Waals surface area contributed by atoms with Crippen molar-refractivity contribution in [3.63, 3.8) is 0 Å². The first-order chi connectivity index (χ1) is 7.60. The van der Waals surface area contributed by atoms with Gasteiger partial charge in [-0.05, 0) is 0 Å². The van der Waals surface area contributed by atoms with E-state index in [4.69, 9.17) is 11.6 Å². The van der Waals surface area contributed by atoms with Crippen LogP contribution in [0.25, 0.3) is 0 Å². The van der Waals surface area contributed by atoms with Crippen molar-refractivity contribution in [3.8, 4) is 0 Å². The molecule has 0 unspecified atom stereocenters. The molecule has 0 saturated heterocycles. The Morgan fingerprint density at radius 3 is 2.06 bits per heavy atom. The predicted octanol–water partition coefficient (Wildman–Crippen LogP) is 3.41. The summed E-state index contributed by atoms with van der Waals surface area (Å²) in [6.07, 6.45) is 4.02. The number of hydrogen-bond acceptors (Lipinski definition) is 0. The summed E-state index contributed by atoms with van der Waals surface area (Å²) >= 11 is 5.89. The van der Waals surface area contributed by atoms with Crippen LogP contribution in [-0.4, -0.2) is 0 Å². The smallest absolute Gasteiger partial charge is 0.187 e. The average molecular weight is 233 g/mol. The molecule has 16 heavy (non-hydrogen) atoms. The van der Waals surface area contributed by atoms with E-state index in [2.05, 4.69) is 42.7 Å². The van der Waals surface area contributed by atoms with Crippen LogP contribution in [0.3, 0.4) is 0 Å². The van der Waals surface area contributed by atoms with Gasteiger partial charge in [0.15, 0.2) is 17.9 Å². The lowest BCUT2D eigenvalue weighted by Crippen LogP contribution is -2.52. The van der Waals surface area contributed by atoms with Crippen LogP contribution in [-0.2, 0) is 5.54 Å². The van der Waals surface area contributed by atoms with Crippen molar-refractivity contribution in [1.82, 2.24) is 0 Å². The van der Waals surface area contributed by atoms with Gasteiger partial charge in [-0.1, -0.05) is 41.9 Å². The number of benzene rings is 1. The summed E-state index contributed by atoms with van der Waals surface area (Å²) in [5.74, 6) is 0. The zero-order chi connectivity index (χ0) is 11.6. The first-order valence-corrected chi connectivity index (χ1v) is 5.71. The second-order valence-corrected chi connectivity index (χ2v) is 4.79. The molecule has 2 rings (SSSR count). The summed E-state index contributed by atoms with van der Waals surface area (Å²) in [5.41, 5.74) is 1.22. The molecular formula is C14H15ClN+. The molecule has 82 valence electrons. The highest BCUT2D eigenvalue weighted by Gasteiger charge is 2.29. The molecule has 0 bridgehead atoms. The molecule has 0 fully saturated rings. The Balaban J connectivity index is 2.43. The van der Waals surface area contributed by atoms with Crippen LogP contribution in [0.4, 0.5) is 0 Å². The van der Waals surface area contributed by atoms with Crippen LogP contribution in [0.1, 0.15) is 19.4 Å². The van der Waals surface area contributed by atoms with E-state index in [1.807, 2.05) is 30.6 Å². The predicted molar refractivity (Wildman–Crippen MR) is 66.5 cm³/mol. The summed E-state index contributed by atoms with van der Waals surface area (Å²) in [7, 11) is 0.